The molecular formula is C8H12N3O4+. The van der Waals surface area contributed by atoms with Gasteiger partial charge < -0.3 is 10.4 Å². The highest BCUT2D eigenvalue weighted by Gasteiger charge is 2.20. The van der Waals surface area contributed by atoms with E-state index in [0.29, 0.717) is 0 Å². The molecule has 0 heterocycles. The molecule has 0 aliphatic rings. The van der Waals surface area contributed by atoms with Crippen LogP contribution >= 0.6 is 0 Å². The van der Waals surface area contributed by atoms with E-state index in [2.05, 4.69) is 10.3 Å². The van der Waals surface area contributed by atoms with Crippen LogP contribution in [0.4, 0.5) is 0 Å². The number of Topliss-reactive ketones (excluding diaryl/α,β-unsaturated/α-hetero) is 1. The Labute approximate surface area is 86.1 Å². The number of amides is 1. The fourth-order valence-electron chi connectivity index (χ4n) is 0.966. The van der Waals surface area contributed by atoms with Crippen LogP contribution in [-0.4, -0.2) is 35.4 Å². The van der Waals surface area contributed by atoms with E-state index in [1.807, 2.05) is 0 Å². The van der Waals surface area contributed by atoms with Crippen molar-refractivity contribution in [3.63, 3.8) is 0 Å². The summed E-state index contributed by atoms with van der Waals surface area (Å²) >= 11 is 0. The fraction of sp³-hybridized carbons (Fsp3) is 0.625. The lowest BCUT2D eigenvalue weighted by Gasteiger charge is -2.11. The van der Waals surface area contributed by atoms with Gasteiger partial charge in [-0.3, -0.25) is 9.59 Å². The molecule has 2 N–H and O–H groups in total. The molecular weight excluding hydrogens is 202 g/mol. The number of carboxylic acids is 1. The molecule has 0 aliphatic carbocycles. The third-order valence-corrected chi connectivity index (χ3v) is 1.63. The first-order chi connectivity index (χ1) is 6.97. The standard InChI is InChI=1S/C8H11N3O4/c1-5(12)11-7(8(14)15)3-2-6(13)4-10-9/h7H,2-4H2,1H3,(H-,11,12,14,15)/p+1. The zero-order chi connectivity index (χ0) is 11.8. The molecule has 7 nitrogen and oxygen atoms in total. The van der Waals surface area contributed by atoms with Gasteiger partial charge in [-0.15, -0.1) is 0 Å². The smallest absolute Gasteiger partial charge is 0.362 e. The van der Waals surface area contributed by atoms with Crippen molar-refractivity contribution in [1.82, 2.24) is 5.32 Å². The van der Waals surface area contributed by atoms with Gasteiger partial charge >= 0.3 is 12.5 Å². The number of carboxylic acid groups (broad SMARTS) is 1. The Morgan fingerprint density at radius 3 is 2.47 bits per heavy atom. The maximum atomic E-state index is 10.9. The molecule has 0 aromatic heterocycles. The highest BCUT2D eigenvalue weighted by molar-refractivity contribution is 5.84. The van der Waals surface area contributed by atoms with E-state index in [1.165, 1.54) is 6.92 Å². The Bertz CT molecular complexity index is 307. The molecule has 0 aromatic rings. The van der Waals surface area contributed by atoms with E-state index in [0.717, 1.165) is 0 Å². The molecule has 0 aromatic carbocycles. The van der Waals surface area contributed by atoms with Crippen molar-refractivity contribution in [2.75, 3.05) is 6.54 Å². The van der Waals surface area contributed by atoms with Gasteiger partial charge in [-0.25, -0.2) is 4.79 Å². The molecule has 82 valence electrons. The van der Waals surface area contributed by atoms with Crippen LogP contribution in [0.5, 0.6) is 0 Å². The van der Waals surface area contributed by atoms with Gasteiger partial charge in [0.1, 0.15) is 11.0 Å². The number of ketones is 1. The van der Waals surface area contributed by atoms with Gasteiger partial charge in [0.25, 0.3) is 0 Å². The van der Waals surface area contributed by atoms with Crippen LogP contribution in [0, 0.1) is 5.39 Å². The van der Waals surface area contributed by atoms with E-state index >= 15 is 0 Å². The zero-order valence-corrected chi connectivity index (χ0v) is 8.27. The normalized spacial score (nSPS) is 11.2. The molecule has 0 radical (unpaired) electrons. The van der Waals surface area contributed by atoms with Crippen molar-refractivity contribution in [2.45, 2.75) is 25.8 Å². The van der Waals surface area contributed by atoms with Crippen molar-refractivity contribution in [3.8, 4) is 0 Å². The van der Waals surface area contributed by atoms with E-state index in [1.54, 1.807) is 0 Å². The first-order valence-electron chi connectivity index (χ1n) is 4.29. The third kappa shape index (κ3) is 6.15. The number of hydrogen-bond donors (Lipinski definition) is 2. The number of hydrogen-bond acceptors (Lipinski definition) is 4. The zero-order valence-electron chi connectivity index (χ0n) is 8.27. The quantitative estimate of drug-likeness (QED) is 0.593. The van der Waals surface area contributed by atoms with Crippen molar-refractivity contribution < 1.29 is 19.5 Å². The Kier molecular flexibility index (Phi) is 5.63. The lowest BCUT2D eigenvalue weighted by molar-refractivity contribution is -0.141. The van der Waals surface area contributed by atoms with Gasteiger partial charge in [-0.2, -0.15) is 0 Å². The number of rotatable bonds is 6. The minimum absolute atomic E-state index is 0.0106. The molecule has 1 unspecified atom stereocenters. The van der Waals surface area contributed by atoms with E-state index < -0.39 is 17.9 Å². The molecule has 0 fully saturated rings. The molecule has 0 saturated carbocycles. The molecule has 0 rings (SSSR count). The van der Waals surface area contributed by atoms with Gasteiger partial charge in [0.05, 0.1) is 0 Å². The number of nitrogens with zero attached hydrogens (tertiary/aromatic N) is 2. The van der Waals surface area contributed by atoms with Gasteiger partial charge in [-0.1, -0.05) is 0 Å². The summed E-state index contributed by atoms with van der Waals surface area (Å²) in [4.78, 5) is 34.7. The van der Waals surface area contributed by atoms with Gasteiger partial charge in [0.2, 0.25) is 17.1 Å². The van der Waals surface area contributed by atoms with Crippen LogP contribution in [0.25, 0.3) is 4.98 Å². The molecule has 7 heteroatoms. The number of diazo groups is 1. The maximum absolute atomic E-state index is 10.9. The molecule has 1 amide bonds. The summed E-state index contributed by atoms with van der Waals surface area (Å²) in [6, 6.07) is -1.08. The Morgan fingerprint density at radius 2 is 2.07 bits per heavy atom. The van der Waals surface area contributed by atoms with Gasteiger partial charge in [0.15, 0.2) is 0 Å². The monoisotopic (exact) mass is 214 g/mol. The Morgan fingerprint density at radius 1 is 1.47 bits per heavy atom. The maximum Gasteiger partial charge on any atom is 0.362 e. The molecule has 1 atom stereocenters. The summed E-state index contributed by atoms with van der Waals surface area (Å²) in [5.74, 6) is -2.05. The van der Waals surface area contributed by atoms with Gasteiger partial charge in [0, 0.05) is 13.3 Å². The highest BCUT2D eigenvalue weighted by Crippen LogP contribution is 1.99. The lowest BCUT2D eigenvalue weighted by Crippen LogP contribution is -2.39. The SMILES string of the molecule is CC(=O)NC(CCC(=O)C[N+]#N)C(=O)O. The summed E-state index contributed by atoms with van der Waals surface area (Å²) in [7, 11) is 0. The van der Waals surface area contributed by atoms with Crippen LogP contribution in [0.3, 0.4) is 0 Å². The van der Waals surface area contributed by atoms with Gasteiger partial charge in [-0.05, 0) is 6.42 Å². The van der Waals surface area contributed by atoms with Crippen molar-refractivity contribution in [1.29, 1.82) is 5.39 Å². The summed E-state index contributed by atoms with van der Waals surface area (Å²) < 4.78 is 0. The van der Waals surface area contributed by atoms with Crippen molar-refractivity contribution in [2.24, 2.45) is 0 Å². The number of aliphatic carboxylic acids is 1. The van der Waals surface area contributed by atoms with Crippen LogP contribution in [0.2, 0.25) is 0 Å². The average Bonchev–Trinajstić information content (AvgIpc) is 2.11. The average molecular weight is 214 g/mol. The fourth-order valence-corrected chi connectivity index (χ4v) is 0.966. The van der Waals surface area contributed by atoms with Crippen LogP contribution in [0.15, 0.2) is 0 Å². The molecule has 0 saturated heterocycles. The first-order valence-corrected chi connectivity index (χ1v) is 4.29. The second-order valence-corrected chi connectivity index (χ2v) is 2.97. The predicted molar refractivity (Wildman–Crippen MR) is 49.4 cm³/mol. The molecule has 0 aliphatic heterocycles. The van der Waals surface area contributed by atoms with Crippen molar-refractivity contribution >= 4 is 17.7 Å². The van der Waals surface area contributed by atoms with E-state index in [-0.39, 0.29) is 25.2 Å². The van der Waals surface area contributed by atoms with Crippen LogP contribution in [-0.2, 0) is 14.4 Å². The predicted octanol–water partition coefficient (Wildman–Crippen LogP) is -0.222. The second kappa shape index (κ2) is 6.48. The topological polar surface area (TPSA) is 112 Å². The third-order valence-electron chi connectivity index (χ3n) is 1.63. The number of nitrogens with one attached hydrogen (secondary N) is 1. The summed E-state index contributed by atoms with van der Waals surface area (Å²) in [5, 5.41) is 18.9. The van der Waals surface area contributed by atoms with Crippen LogP contribution < -0.4 is 5.32 Å². The largest absolute Gasteiger partial charge is 0.480 e. The lowest BCUT2D eigenvalue weighted by atomic mass is 10.1. The van der Waals surface area contributed by atoms with E-state index in [9.17, 15) is 14.4 Å². The molecule has 0 bridgehead atoms. The Hall–Kier alpha value is -1.97. The first kappa shape index (κ1) is 13.0. The minimum Gasteiger partial charge on any atom is -0.480 e. The summed E-state index contributed by atoms with van der Waals surface area (Å²) in [6.07, 6.45) is -0.0649. The second-order valence-electron chi connectivity index (χ2n) is 2.97. The number of carbonyl (C=O) groups is 3. The molecule has 15 heavy (non-hydrogen) atoms. The minimum atomic E-state index is -1.20. The highest BCUT2D eigenvalue weighted by atomic mass is 16.4. The molecule has 0 spiro atoms. The summed E-state index contributed by atoms with van der Waals surface area (Å²) in [5.41, 5.74) is 0. The van der Waals surface area contributed by atoms with Crippen molar-refractivity contribution in [3.05, 3.63) is 4.98 Å². The van der Waals surface area contributed by atoms with E-state index in [4.69, 9.17) is 10.5 Å². The summed E-state index contributed by atoms with van der Waals surface area (Å²) in [6.45, 7) is 0.841. The number of carbonyl (C=O) groups excluding carboxylic acids is 2. The van der Waals surface area contributed by atoms with Crippen LogP contribution in [0.1, 0.15) is 19.8 Å². The Balaban J connectivity index is 4.08.